The summed E-state index contributed by atoms with van der Waals surface area (Å²) in [5, 5.41) is 12.5. The van der Waals surface area contributed by atoms with Gasteiger partial charge in [0.05, 0.1) is 12.3 Å². The average molecular weight is 350 g/mol. The van der Waals surface area contributed by atoms with Crippen molar-refractivity contribution in [1.29, 1.82) is 0 Å². The van der Waals surface area contributed by atoms with E-state index in [1.807, 2.05) is 6.92 Å². The first kappa shape index (κ1) is 18.0. The van der Waals surface area contributed by atoms with Gasteiger partial charge in [-0.25, -0.2) is 5.01 Å². The minimum Gasteiger partial charge on any atom is -0.380 e. The molecule has 0 radical (unpaired) electrons. The first-order chi connectivity index (χ1) is 12.7. The quantitative estimate of drug-likeness (QED) is 0.775. The highest BCUT2D eigenvalue weighted by molar-refractivity contribution is 6.00. The monoisotopic (exact) mass is 350 g/mol. The molecule has 0 fully saturated rings. The van der Waals surface area contributed by atoms with E-state index in [0.29, 0.717) is 13.2 Å². The van der Waals surface area contributed by atoms with Crippen molar-refractivity contribution in [3.05, 3.63) is 71.1 Å². The lowest BCUT2D eigenvalue weighted by atomic mass is 10.1. The number of amides is 1. The van der Waals surface area contributed by atoms with Gasteiger partial charge in [-0.05, 0) is 43.4 Å². The van der Waals surface area contributed by atoms with E-state index in [4.69, 9.17) is 0 Å². The molecule has 0 spiro atoms. The SMILES string of the molecule is CCc1ccc(/C(C)=N/N2CNC(CNC3=CCCC=C3)=CC2=O)cc1. The zero-order valence-corrected chi connectivity index (χ0v) is 15.5. The van der Waals surface area contributed by atoms with Crippen molar-refractivity contribution in [2.45, 2.75) is 33.1 Å². The van der Waals surface area contributed by atoms with Crippen LogP contribution < -0.4 is 10.6 Å². The number of rotatable bonds is 6. The van der Waals surface area contributed by atoms with Crippen LogP contribution in [0.2, 0.25) is 0 Å². The second kappa shape index (κ2) is 8.52. The zero-order chi connectivity index (χ0) is 18.4. The van der Waals surface area contributed by atoms with E-state index in [1.165, 1.54) is 10.6 Å². The Labute approximate surface area is 155 Å². The van der Waals surface area contributed by atoms with E-state index in [1.54, 1.807) is 6.08 Å². The van der Waals surface area contributed by atoms with Crippen molar-refractivity contribution in [3.63, 3.8) is 0 Å². The lowest BCUT2D eigenvalue weighted by Gasteiger charge is -2.25. The average Bonchev–Trinajstić information content (AvgIpc) is 2.69. The molecular formula is C21H26N4O. The molecule has 1 aromatic carbocycles. The Balaban J connectivity index is 1.60. The second-order valence-electron chi connectivity index (χ2n) is 6.47. The molecule has 0 saturated heterocycles. The summed E-state index contributed by atoms with van der Waals surface area (Å²) in [5.41, 5.74) is 5.14. The van der Waals surface area contributed by atoms with Crippen LogP contribution in [0.5, 0.6) is 0 Å². The molecule has 1 aromatic rings. The van der Waals surface area contributed by atoms with Crippen molar-refractivity contribution in [2.24, 2.45) is 5.10 Å². The van der Waals surface area contributed by atoms with Gasteiger partial charge in [0.15, 0.2) is 0 Å². The number of nitrogens with one attached hydrogen (secondary N) is 2. The van der Waals surface area contributed by atoms with Gasteiger partial charge in [0.2, 0.25) is 0 Å². The Morgan fingerprint density at radius 3 is 2.73 bits per heavy atom. The van der Waals surface area contributed by atoms with E-state index in [2.05, 4.69) is 65.2 Å². The molecule has 2 N–H and O–H groups in total. The first-order valence-corrected chi connectivity index (χ1v) is 9.16. The van der Waals surface area contributed by atoms with Gasteiger partial charge in [-0.3, -0.25) is 4.79 Å². The van der Waals surface area contributed by atoms with Crippen LogP contribution >= 0.6 is 0 Å². The molecule has 0 atom stereocenters. The third kappa shape index (κ3) is 4.63. The molecule has 1 aliphatic carbocycles. The number of hydrogen-bond acceptors (Lipinski definition) is 4. The Hall–Kier alpha value is -2.82. The third-order valence-corrected chi connectivity index (χ3v) is 4.54. The highest BCUT2D eigenvalue weighted by Crippen LogP contribution is 2.10. The van der Waals surface area contributed by atoms with Gasteiger partial charge in [0.1, 0.15) is 6.67 Å². The number of nitrogens with zero attached hydrogens (tertiary/aromatic N) is 2. The highest BCUT2D eigenvalue weighted by atomic mass is 16.2. The fourth-order valence-corrected chi connectivity index (χ4v) is 2.89. The molecule has 1 amide bonds. The molecule has 0 saturated carbocycles. The fourth-order valence-electron chi connectivity index (χ4n) is 2.89. The van der Waals surface area contributed by atoms with E-state index in [9.17, 15) is 4.79 Å². The molecule has 1 aliphatic heterocycles. The third-order valence-electron chi connectivity index (χ3n) is 4.54. The van der Waals surface area contributed by atoms with Gasteiger partial charge >= 0.3 is 0 Å². The summed E-state index contributed by atoms with van der Waals surface area (Å²) in [4.78, 5) is 12.4. The number of benzene rings is 1. The minimum atomic E-state index is -0.0988. The molecule has 26 heavy (non-hydrogen) atoms. The van der Waals surface area contributed by atoms with Crippen molar-refractivity contribution < 1.29 is 4.79 Å². The maximum Gasteiger partial charge on any atom is 0.270 e. The van der Waals surface area contributed by atoms with Gasteiger partial charge in [0, 0.05) is 17.5 Å². The van der Waals surface area contributed by atoms with Crippen molar-refractivity contribution in [1.82, 2.24) is 15.6 Å². The smallest absolute Gasteiger partial charge is 0.270 e. The molecule has 3 rings (SSSR count). The molecule has 5 heteroatoms. The molecular weight excluding hydrogens is 324 g/mol. The van der Waals surface area contributed by atoms with Crippen LogP contribution in [-0.2, 0) is 11.2 Å². The summed E-state index contributed by atoms with van der Waals surface area (Å²) in [7, 11) is 0. The molecule has 5 nitrogen and oxygen atoms in total. The summed E-state index contributed by atoms with van der Waals surface area (Å²) in [5.74, 6) is -0.0988. The normalized spacial score (nSPS) is 17.5. The van der Waals surface area contributed by atoms with E-state index >= 15 is 0 Å². The van der Waals surface area contributed by atoms with Crippen molar-refractivity contribution in [3.8, 4) is 0 Å². The summed E-state index contributed by atoms with van der Waals surface area (Å²) in [6, 6.07) is 8.30. The topological polar surface area (TPSA) is 56.7 Å². The maximum absolute atomic E-state index is 12.4. The standard InChI is InChI=1S/C21H26N4O/c1-3-17-9-11-18(12-10-17)16(2)24-25-15-23-20(13-21(25)26)14-22-19-7-5-4-6-8-19/h5,7-13,22-23H,3-4,6,14-15H2,1-2H3/b24-16+. The molecule has 0 aromatic heterocycles. The van der Waals surface area contributed by atoms with E-state index in [-0.39, 0.29) is 5.91 Å². The van der Waals surface area contributed by atoms with Gasteiger partial charge in [-0.15, -0.1) is 0 Å². The molecule has 0 bridgehead atoms. The first-order valence-electron chi connectivity index (χ1n) is 9.16. The van der Waals surface area contributed by atoms with Crippen molar-refractivity contribution in [2.75, 3.05) is 13.2 Å². The van der Waals surface area contributed by atoms with Crippen LogP contribution in [0.3, 0.4) is 0 Å². The summed E-state index contributed by atoms with van der Waals surface area (Å²) < 4.78 is 0. The number of allylic oxidation sites excluding steroid dienone is 3. The highest BCUT2D eigenvalue weighted by Gasteiger charge is 2.18. The van der Waals surface area contributed by atoms with Gasteiger partial charge < -0.3 is 10.6 Å². The molecule has 1 heterocycles. The summed E-state index contributed by atoms with van der Waals surface area (Å²) in [6.07, 6.45) is 11.2. The predicted molar refractivity (Wildman–Crippen MR) is 105 cm³/mol. The molecule has 0 unspecified atom stereocenters. The van der Waals surface area contributed by atoms with E-state index in [0.717, 1.165) is 41.9 Å². The fraction of sp³-hybridized carbons (Fsp3) is 0.333. The number of carbonyl (C=O) groups excluding carboxylic acids is 1. The predicted octanol–water partition coefficient (Wildman–Crippen LogP) is 3.07. The molecule has 2 aliphatic rings. The lowest BCUT2D eigenvalue weighted by Crippen LogP contribution is -2.41. The summed E-state index contributed by atoms with van der Waals surface area (Å²) in [6.45, 7) is 5.05. The molecule has 136 valence electrons. The zero-order valence-electron chi connectivity index (χ0n) is 15.5. The van der Waals surface area contributed by atoms with Gasteiger partial charge in [0.25, 0.3) is 5.91 Å². The van der Waals surface area contributed by atoms with Crippen LogP contribution in [0.4, 0.5) is 0 Å². The van der Waals surface area contributed by atoms with Crippen LogP contribution in [0, 0.1) is 0 Å². The van der Waals surface area contributed by atoms with Gasteiger partial charge in [-0.1, -0.05) is 43.3 Å². The van der Waals surface area contributed by atoms with Crippen LogP contribution in [0.15, 0.2) is 65.1 Å². The minimum absolute atomic E-state index is 0.0988. The number of hydrogen-bond donors (Lipinski definition) is 2. The maximum atomic E-state index is 12.4. The Morgan fingerprint density at radius 1 is 1.27 bits per heavy atom. The number of aryl methyl sites for hydroxylation is 1. The van der Waals surface area contributed by atoms with Gasteiger partial charge in [-0.2, -0.15) is 5.10 Å². The van der Waals surface area contributed by atoms with Crippen molar-refractivity contribution >= 4 is 11.6 Å². The van der Waals surface area contributed by atoms with Crippen LogP contribution in [0.1, 0.15) is 37.8 Å². The Kier molecular flexibility index (Phi) is 5.89. The summed E-state index contributed by atoms with van der Waals surface area (Å²) >= 11 is 0. The number of hydrazone groups is 1. The largest absolute Gasteiger partial charge is 0.380 e. The lowest BCUT2D eigenvalue weighted by molar-refractivity contribution is -0.127. The Bertz CT molecular complexity index is 772. The van der Waals surface area contributed by atoms with Crippen LogP contribution in [0.25, 0.3) is 0 Å². The Morgan fingerprint density at radius 2 is 2.08 bits per heavy atom. The van der Waals surface area contributed by atoms with E-state index < -0.39 is 0 Å². The van der Waals surface area contributed by atoms with Crippen LogP contribution in [-0.4, -0.2) is 29.8 Å². The second-order valence-corrected chi connectivity index (χ2v) is 6.47. The number of carbonyl (C=O) groups is 1.